The van der Waals surface area contributed by atoms with Gasteiger partial charge in [0.15, 0.2) is 0 Å². The summed E-state index contributed by atoms with van der Waals surface area (Å²) in [5, 5.41) is 3.11. The Labute approximate surface area is 85.6 Å². The van der Waals surface area contributed by atoms with Crippen LogP contribution in [0.5, 0.6) is 5.75 Å². The summed E-state index contributed by atoms with van der Waals surface area (Å²) in [5.74, 6) is 0.962. The number of hydrogen-bond donors (Lipinski definition) is 1. The van der Waals surface area contributed by atoms with E-state index >= 15 is 0 Å². The Balaban J connectivity index is 2.59. The van der Waals surface area contributed by atoms with Gasteiger partial charge in [0.05, 0.1) is 6.61 Å². The summed E-state index contributed by atoms with van der Waals surface area (Å²) in [6, 6.07) is 8.07. The van der Waals surface area contributed by atoms with E-state index in [0.29, 0.717) is 6.61 Å². The van der Waals surface area contributed by atoms with Crippen molar-refractivity contribution in [3.05, 3.63) is 42.5 Å². The first kappa shape index (κ1) is 10.8. The Morgan fingerprint density at radius 1 is 1.43 bits per heavy atom. The van der Waals surface area contributed by atoms with Gasteiger partial charge in [-0.3, -0.25) is 0 Å². The van der Waals surface area contributed by atoms with Crippen LogP contribution in [-0.2, 0) is 6.54 Å². The number of hydrogen-bond acceptors (Lipinski definition) is 2. The molecule has 0 unspecified atom stereocenters. The van der Waals surface area contributed by atoms with E-state index in [4.69, 9.17) is 4.74 Å². The Bertz CT molecular complexity index is 283. The van der Waals surface area contributed by atoms with Crippen molar-refractivity contribution >= 4 is 0 Å². The summed E-state index contributed by atoms with van der Waals surface area (Å²) < 4.78 is 5.62. The highest BCUT2D eigenvalue weighted by molar-refractivity contribution is 5.33. The third-order valence-electron chi connectivity index (χ3n) is 1.92. The molecule has 2 nitrogen and oxygen atoms in total. The summed E-state index contributed by atoms with van der Waals surface area (Å²) in [6.45, 7) is 5.19. The lowest BCUT2D eigenvalue weighted by atomic mass is 10.2. The molecule has 0 aliphatic rings. The van der Waals surface area contributed by atoms with E-state index in [1.165, 1.54) is 5.56 Å². The maximum absolute atomic E-state index is 5.62. The molecule has 0 aliphatic carbocycles. The van der Waals surface area contributed by atoms with Crippen LogP contribution in [0, 0.1) is 0 Å². The predicted octanol–water partition coefficient (Wildman–Crippen LogP) is 2.36. The van der Waals surface area contributed by atoms with Gasteiger partial charge in [0.1, 0.15) is 5.75 Å². The van der Waals surface area contributed by atoms with Gasteiger partial charge < -0.3 is 10.1 Å². The summed E-state index contributed by atoms with van der Waals surface area (Å²) in [7, 11) is 1.93. The molecule has 0 bridgehead atoms. The molecule has 0 fully saturated rings. The fraction of sp³-hybridized carbons (Fsp3) is 0.333. The van der Waals surface area contributed by atoms with Gasteiger partial charge in [0.25, 0.3) is 0 Å². The zero-order chi connectivity index (χ0) is 10.2. The van der Waals surface area contributed by atoms with E-state index in [1.807, 2.05) is 31.3 Å². The van der Waals surface area contributed by atoms with Gasteiger partial charge >= 0.3 is 0 Å². The van der Waals surface area contributed by atoms with Crippen LogP contribution in [0.3, 0.4) is 0 Å². The van der Waals surface area contributed by atoms with Crippen molar-refractivity contribution in [1.29, 1.82) is 0 Å². The lowest BCUT2D eigenvalue weighted by molar-refractivity contribution is 0.321. The molecule has 0 heterocycles. The van der Waals surface area contributed by atoms with Crippen LogP contribution in [-0.4, -0.2) is 13.7 Å². The van der Waals surface area contributed by atoms with Crippen LogP contribution >= 0.6 is 0 Å². The van der Waals surface area contributed by atoms with E-state index in [1.54, 1.807) is 0 Å². The molecule has 1 rings (SSSR count). The van der Waals surface area contributed by atoms with Crippen molar-refractivity contribution < 1.29 is 4.74 Å². The topological polar surface area (TPSA) is 21.3 Å². The molecule has 2 heteroatoms. The Morgan fingerprint density at radius 3 is 2.93 bits per heavy atom. The standard InChI is InChI=1S/C12H17NO/c1-3-4-9-14-12-8-6-5-7-11(12)10-13-2/h3,5-8,13H,1,4,9-10H2,2H3. The van der Waals surface area contributed by atoms with Crippen molar-refractivity contribution in [2.75, 3.05) is 13.7 Å². The number of ether oxygens (including phenoxy) is 1. The third kappa shape index (κ3) is 3.23. The molecule has 1 aromatic rings. The zero-order valence-electron chi connectivity index (χ0n) is 8.62. The van der Waals surface area contributed by atoms with Gasteiger partial charge in [-0.1, -0.05) is 24.3 Å². The molecule has 0 amide bonds. The first-order chi connectivity index (χ1) is 6.88. The van der Waals surface area contributed by atoms with E-state index in [-0.39, 0.29) is 0 Å². The highest BCUT2D eigenvalue weighted by Crippen LogP contribution is 2.17. The molecule has 0 aliphatic heterocycles. The minimum absolute atomic E-state index is 0.699. The van der Waals surface area contributed by atoms with Gasteiger partial charge in [-0.15, -0.1) is 6.58 Å². The molecule has 0 radical (unpaired) electrons. The molecule has 0 aromatic heterocycles. The summed E-state index contributed by atoms with van der Waals surface area (Å²) in [6.07, 6.45) is 2.74. The van der Waals surface area contributed by atoms with E-state index < -0.39 is 0 Å². The van der Waals surface area contributed by atoms with Crippen LogP contribution in [0.15, 0.2) is 36.9 Å². The van der Waals surface area contributed by atoms with Crippen LogP contribution in [0.4, 0.5) is 0 Å². The number of nitrogens with one attached hydrogen (secondary N) is 1. The van der Waals surface area contributed by atoms with E-state index in [9.17, 15) is 0 Å². The minimum atomic E-state index is 0.699. The second-order valence-electron chi connectivity index (χ2n) is 3.06. The molecule has 0 spiro atoms. The van der Waals surface area contributed by atoms with Gasteiger partial charge in [-0.05, 0) is 19.5 Å². The van der Waals surface area contributed by atoms with Crippen molar-refractivity contribution in [1.82, 2.24) is 5.32 Å². The SMILES string of the molecule is C=CCCOc1ccccc1CNC. The second kappa shape index (κ2) is 6.22. The molecule has 1 N–H and O–H groups in total. The van der Waals surface area contributed by atoms with Crippen molar-refractivity contribution in [2.45, 2.75) is 13.0 Å². The second-order valence-corrected chi connectivity index (χ2v) is 3.06. The Kier molecular flexibility index (Phi) is 4.79. The molecular formula is C12H17NO. The summed E-state index contributed by atoms with van der Waals surface area (Å²) >= 11 is 0. The Hall–Kier alpha value is -1.28. The maximum Gasteiger partial charge on any atom is 0.123 e. The van der Waals surface area contributed by atoms with Gasteiger partial charge in [-0.25, -0.2) is 0 Å². The number of benzene rings is 1. The number of para-hydroxylation sites is 1. The highest BCUT2D eigenvalue weighted by atomic mass is 16.5. The fourth-order valence-electron chi connectivity index (χ4n) is 1.23. The zero-order valence-corrected chi connectivity index (χ0v) is 8.62. The monoisotopic (exact) mass is 191 g/mol. The normalized spacial score (nSPS) is 9.79. The lowest BCUT2D eigenvalue weighted by Gasteiger charge is -2.09. The average Bonchev–Trinajstić information content (AvgIpc) is 2.21. The first-order valence-electron chi connectivity index (χ1n) is 4.84. The first-order valence-corrected chi connectivity index (χ1v) is 4.84. The molecule has 0 saturated carbocycles. The van der Waals surface area contributed by atoms with Crippen molar-refractivity contribution in [3.63, 3.8) is 0 Å². The van der Waals surface area contributed by atoms with Gasteiger partial charge in [0.2, 0.25) is 0 Å². The predicted molar refractivity (Wildman–Crippen MR) is 59.5 cm³/mol. The number of rotatable bonds is 6. The molecular weight excluding hydrogens is 174 g/mol. The van der Waals surface area contributed by atoms with Crippen molar-refractivity contribution in [3.8, 4) is 5.75 Å². The third-order valence-corrected chi connectivity index (χ3v) is 1.92. The summed E-state index contributed by atoms with van der Waals surface area (Å²) in [4.78, 5) is 0. The summed E-state index contributed by atoms with van der Waals surface area (Å²) in [5.41, 5.74) is 1.19. The smallest absolute Gasteiger partial charge is 0.123 e. The van der Waals surface area contributed by atoms with Gasteiger partial charge in [-0.2, -0.15) is 0 Å². The van der Waals surface area contributed by atoms with E-state index in [2.05, 4.69) is 18.0 Å². The largest absolute Gasteiger partial charge is 0.493 e. The van der Waals surface area contributed by atoms with Crippen LogP contribution in [0.1, 0.15) is 12.0 Å². The lowest BCUT2D eigenvalue weighted by Crippen LogP contribution is -2.07. The van der Waals surface area contributed by atoms with Crippen LogP contribution in [0.2, 0.25) is 0 Å². The fourth-order valence-corrected chi connectivity index (χ4v) is 1.23. The maximum atomic E-state index is 5.62. The molecule has 0 atom stereocenters. The van der Waals surface area contributed by atoms with E-state index in [0.717, 1.165) is 18.7 Å². The molecule has 0 saturated heterocycles. The van der Waals surface area contributed by atoms with Crippen molar-refractivity contribution in [2.24, 2.45) is 0 Å². The van der Waals surface area contributed by atoms with Crippen LogP contribution in [0.25, 0.3) is 0 Å². The highest BCUT2D eigenvalue weighted by Gasteiger charge is 2.00. The quantitative estimate of drug-likeness (QED) is 0.550. The average molecular weight is 191 g/mol. The Morgan fingerprint density at radius 2 is 2.21 bits per heavy atom. The molecule has 76 valence electrons. The minimum Gasteiger partial charge on any atom is -0.493 e. The van der Waals surface area contributed by atoms with Crippen LogP contribution < -0.4 is 10.1 Å². The van der Waals surface area contributed by atoms with Gasteiger partial charge in [0, 0.05) is 12.1 Å². The molecule has 1 aromatic carbocycles. The molecule has 14 heavy (non-hydrogen) atoms.